The molecule has 2 heterocycles. The number of rotatable bonds is 6. The molecule has 0 atom stereocenters. The number of anilines is 2. The molecule has 1 aliphatic rings. The zero-order chi connectivity index (χ0) is 19.1. The second kappa shape index (κ2) is 9.16. The molecule has 8 heteroatoms. The van der Waals surface area contributed by atoms with Crippen LogP contribution in [0.25, 0.3) is 0 Å². The predicted octanol–water partition coefficient (Wildman–Crippen LogP) is 3.26. The fraction of sp³-hybridized carbons (Fsp3) is 0.421. The molecule has 1 fully saturated rings. The fourth-order valence-electron chi connectivity index (χ4n) is 2.96. The van der Waals surface area contributed by atoms with Crippen LogP contribution >= 0.6 is 0 Å². The molecule has 144 valence electrons. The number of amides is 1. The lowest BCUT2D eigenvalue weighted by atomic mass is 10.1. The Kier molecular flexibility index (Phi) is 6.40. The molecule has 1 aliphatic heterocycles. The predicted molar refractivity (Wildman–Crippen MR) is 101 cm³/mol. The summed E-state index contributed by atoms with van der Waals surface area (Å²) in [6.45, 7) is 3.82. The van der Waals surface area contributed by atoms with Crippen LogP contribution in [0.15, 0.2) is 36.5 Å². The second-order valence-corrected chi connectivity index (χ2v) is 6.32. The van der Waals surface area contributed by atoms with Crippen molar-refractivity contribution in [3.8, 4) is 0 Å². The number of ether oxygens (including phenoxy) is 1. The molecule has 1 aromatic heterocycles. The molecule has 2 aromatic rings. The lowest BCUT2D eigenvalue weighted by Crippen LogP contribution is -2.42. The number of piperidine rings is 1. The van der Waals surface area contributed by atoms with Gasteiger partial charge in [-0.05, 0) is 31.9 Å². The first-order chi connectivity index (χ1) is 13.2. The number of hydrogen-bond donors (Lipinski definition) is 2. The largest absolute Gasteiger partial charge is 0.450 e. The maximum atomic E-state index is 13.7. The monoisotopic (exact) mass is 373 g/mol. The normalized spacial score (nSPS) is 14.7. The summed E-state index contributed by atoms with van der Waals surface area (Å²) in [7, 11) is 0. The summed E-state index contributed by atoms with van der Waals surface area (Å²) in [6.07, 6.45) is 3.00. The third-order valence-electron chi connectivity index (χ3n) is 4.43. The van der Waals surface area contributed by atoms with Gasteiger partial charge in [-0.15, -0.1) is 0 Å². The van der Waals surface area contributed by atoms with Crippen LogP contribution in [0.1, 0.15) is 25.3 Å². The van der Waals surface area contributed by atoms with E-state index in [0.29, 0.717) is 43.6 Å². The Morgan fingerprint density at radius 3 is 2.81 bits per heavy atom. The van der Waals surface area contributed by atoms with Gasteiger partial charge < -0.3 is 20.3 Å². The van der Waals surface area contributed by atoms with Crippen LogP contribution in [0, 0.1) is 5.82 Å². The molecule has 0 unspecified atom stereocenters. The summed E-state index contributed by atoms with van der Waals surface area (Å²) >= 11 is 0. The highest BCUT2D eigenvalue weighted by Gasteiger charge is 2.23. The standard InChI is InChI=1S/C19H24FN5O2/c1-2-27-19(26)25-11-8-15(9-12-25)23-18-21-10-7-17(24-18)22-13-14-5-3-4-6-16(14)20/h3-7,10,15H,2,8-9,11-13H2,1H3,(H2,21,22,23,24). The summed E-state index contributed by atoms with van der Waals surface area (Å²) in [5.74, 6) is 0.897. The molecule has 0 radical (unpaired) electrons. The summed E-state index contributed by atoms with van der Waals surface area (Å²) in [6, 6.07) is 8.58. The van der Waals surface area contributed by atoms with Crippen LogP contribution < -0.4 is 10.6 Å². The minimum Gasteiger partial charge on any atom is -0.450 e. The molecule has 2 N–H and O–H groups in total. The summed E-state index contributed by atoms with van der Waals surface area (Å²) in [4.78, 5) is 22.1. The zero-order valence-electron chi connectivity index (χ0n) is 15.3. The number of likely N-dealkylation sites (tertiary alicyclic amines) is 1. The number of halogens is 1. The van der Waals surface area contributed by atoms with E-state index >= 15 is 0 Å². The van der Waals surface area contributed by atoms with E-state index in [1.807, 2.05) is 0 Å². The van der Waals surface area contributed by atoms with Gasteiger partial charge in [0.2, 0.25) is 5.95 Å². The van der Waals surface area contributed by atoms with Crippen molar-refractivity contribution in [3.63, 3.8) is 0 Å². The van der Waals surface area contributed by atoms with Crippen LogP contribution in [0.5, 0.6) is 0 Å². The van der Waals surface area contributed by atoms with Gasteiger partial charge in [0.1, 0.15) is 11.6 Å². The highest BCUT2D eigenvalue weighted by atomic mass is 19.1. The molecule has 1 amide bonds. The lowest BCUT2D eigenvalue weighted by molar-refractivity contribution is 0.0983. The molecule has 7 nitrogen and oxygen atoms in total. The Balaban J connectivity index is 1.51. The average Bonchev–Trinajstić information content (AvgIpc) is 2.68. The van der Waals surface area contributed by atoms with Crippen LogP contribution in [0.3, 0.4) is 0 Å². The number of carbonyl (C=O) groups excluding carboxylic acids is 1. The smallest absolute Gasteiger partial charge is 0.409 e. The number of aromatic nitrogens is 2. The lowest BCUT2D eigenvalue weighted by Gasteiger charge is -2.31. The molecule has 3 rings (SSSR count). The van der Waals surface area contributed by atoms with Crippen molar-refractivity contribution in [2.45, 2.75) is 32.4 Å². The van der Waals surface area contributed by atoms with E-state index in [4.69, 9.17) is 4.74 Å². The number of nitrogens with one attached hydrogen (secondary N) is 2. The first-order valence-corrected chi connectivity index (χ1v) is 9.14. The van der Waals surface area contributed by atoms with Gasteiger partial charge in [-0.2, -0.15) is 4.98 Å². The van der Waals surface area contributed by atoms with Gasteiger partial charge in [0, 0.05) is 37.4 Å². The van der Waals surface area contributed by atoms with E-state index in [9.17, 15) is 9.18 Å². The quantitative estimate of drug-likeness (QED) is 0.809. The van der Waals surface area contributed by atoms with Crippen molar-refractivity contribution >= 4 is 17.9 Å². The molecule has 0 aliphatic carbocycles. The fourth-order valence-corrected chi connectivity index (χ4v) is 2.96. The Hall–Kier alpha value is -2.90. The van der Waals surface area contributed by atoms with E-state index in [2.05, 4.69) is 20.6 Å². The molecular weight excluding hydrogens is 349 g/mol. The third kappa shape index (κ3) is 5.29. The maximum absolute atomic E-state index is 13.7. The zero-order valence-corrected chi connectivity index (χ0v) is 15.3. The molecule has 0 bridgehead atoms. The molecule has 0 spiro atoms. The van der Waals surface area contributed by atoms with Gasteiger partial charge in [-0.25, -0.2) is 14.2 Å². The van der Waals surface area contributed by atoms with Crippen LogP contribution in [-0.4, -0.2) is 46.7 Å². The molecule has 1 aromatic carbocycles. The van der Waals surface area contributed by atoms with Crippen LogP contribution in [-0.2, 0) is 11.3 Å². The number of carbonyl (C=O) groups is 1. The minimum atomic E-state index is -0.258. The second-order valence-electron chi connectivity index (χ2n) is 6.32. The van der Waals surface area contributed by atoms with Gasteiger partial charge in [-0.3, -0.25) is 0 Å². The van der Waals surface area contributed by atoms with E-state index in [1.165, 1.54) is 6.07 Å². The molecule has 0 saturated carbocycles. The summed E-state index contributed by atoms with van der Waals surface area (Å²) < 4.78 is 18.7. The van der Waals surface area contributed by atoms with Crippen LogP contribution in [0.4, 0.5) is 21.0 Å². The molecule has 27 heavy (non-hydrogen) atoms. The summed E-state index contributed by atoms with van der Waals surface area (Å²) in [5.41, 5.74) is 0.581. The summed E-state index contributed by atoms with van der Waals surface area (Å²) in [5, 5.41) is 6.42. The molecule has 1 saturated heterocycles. The van der Waals surface area contributed by atoms with Crippen molar-refractivity contribution in [3.05, 3.63) is 47.9 Å². The maximum Gasteiger partial charge on any atom is 0.409 e. The van der Waals surface area contributed by atoms with E-state index in [1.54, 1.807) is 42.3 Å². The number of benzene rings is 1. The van der Waals surface area contributed by atoms with E-state index < -0.39 is 0 Å². The van der Waals surface area contributed by atoms with Crippen molar-refractivity contribution < 1.29 is 13.9 Å². The van der Waals surface area contributed by atoms with E-state index in [0.717, 1.165) is 12.8 Å². The van der Waals surface area contributed by atoms with Crippen LogP contribution in [0.2, 0.25) is 0 Å². The first kappa shape index (κ1) is 18.9. The third-order valence-corrected chi connectivity index (χ3v) is 4.43. The minimum absolute atomic E-state index is 0.192. The van der Waals surface area contributed by atoms with Gasteiger partial charge in [0.25, 0.3) is 0 Å². The first-order valence-electron chi connectivity index (χ1n) is 9.14. The van der Waals surface area contributed by atoms with Crippen molar-refractivity contribution in [1.29, 1.82) is 0 Å². The highest BCUT2D eigenvalue weighted by Crippen LogP contribution is 2.16. The van der Waals surface area contributed by atoms with Crippen molar-refractivity contribution in [1.82, 2.24) is 14.9 Å². The number of hydrogen-bond acceptors (Lipinski definition) is 6. The van der Waals surface area contributed by atoms with E-state index in [-0.39, 0.29) is 18.0 Å². The Morgan fingerprint density at radius 2 is 2.07 bits per heavy atom. The Labute approximate surface area is 158 Å². The van der Waals surface area contributed by atoms with Gasteiger partial charge in [0.15, 0.2) is 0 Å². The average molecular weight is 373 g/mol. The number of nitrogens with zero attached hydrogens (tertiary/aromatic N) is 3. The van der Waals surface area contributed by atoms with Gasteiger partial charge in [0.05, 0.1) is 6.61 Å². The Bertz CT molecular complexity index is 765. The van der Waals surface area contributed by atoms with Gasteiger partial charge >= 0.3 is 6.09 Å². The highest BCUT2D eigenvalue weighted by molar-refractivity contribution is 5.67. The SMILES string of the molecule is CCOC(=O)N1CCC(Nc2nccc(NCc3ccccc3F)n2)CC1. The topological polar surface area (TPSA) is 79.4 Å². The Morgan fingerprint density at radius 1 is 1.30 bits per heavy atom. The van der Waals surface area contributed by atoms with Gasteiger partial charge in [-0.1, -0.05) is 18.2 Å². The molecular formula is C19H24FN5O2. The van der Waals surface area contributed by atoms with Crippen molar-refractivity contribution in [2.24, 2.45) is 0 Å². The van der Waals surface area contributed by atoms with Crippen molar-refractivity contribution in [2.75, 3.05) is 30.3 Å².